The van der Waals surface area contributed by atoms with Crippen LogP contribution < -0.4 is 11.1 Å². The van der Waals surface area contributed by atoms with E-state index in [0.29, 0.717) is 18.2 Å². The van der Waals surface area contributed by atoms with Crippen molar-refractivity contribution in [3.05, 3.63) is 24.3 Å². The van der Waals surface area contributed by atoms with Gasteiger partial charge in [0.1, 0.15) is 0 Å². The first-order valence-corrected chi connectivity index (χ1v) is 7.46. The molecule has 0 fully saturated rings. The summed E-state index contributed by atoms with van der Waals surface area (Å²) in [5, 5.41) is 2.91. The standard InChI is InChI=1S/C16H27N3O/c1-4-13(5-2)11-19(6-3)12-16(20)18-15-9-7-14(17)8-10-15/h7-10,13H,4-6,11-12,17H2,1-3H3,(H,18,20). The molecule has 0 spiro atoms. The summed E-state index contributed by atoms with van der Waals surface area (Å²) in [7, 11) is 0. The zero-order chi connectivity index (χ0) is 15.0. The zero-order valence-electron chi connectivity index (χ0n) is 12.9. The maximum absolute atomic E-state index is 12.0. The number of amides is 1. The molecule has 0 aliphatic heterocycles. The Kier molecular flexibility index (Phi) is 7.09. The lowest BCUT2D eigenvalue weighted by molar-refractivity contribution is -0.117. The van der Waals surface area contributed by atoms with E-state index in [1.807, 2.05) is 12.1 Å². The third kappa shape index (κ3) is 5.61. The highest BCUT2D eigenvalue weighted by atomic mass is 16.2. The molecule has 0 radical (unpaired) electrons. The molecule has 3 N–H and O–H groups in total. The molecule has 0 saturated heterocycles. The number of rotatable bonds is 8. The molecule has 1 amide bonds. The SMILES string of the molecule is CCC(CC)CN(CC)CC(=O)Nc1ccc(N)cc1. The fourth-order valence-corrected chi connectivity index (χ4v) is 2.19. The molecule has 0 aliphatic rings. The molecule has 0 aromatic heterocycles. The second kappa shape index (κ2) is 8.59. The van der Waals surface area contributed by atoms with Crippen molar-refractivity contribution in [1.82, 2.24) is 4.90 Å². The lowest BCUT2D eigenvalue weighted by Crippen LogP contribution is -2.36. The van der Waals surface area contributed by atoms with E-state index in [0.717, 1.165) is 31.6 Å². The van der Waals surface area contributed by atoms with Crippen LogP contribution in [0.25, 0.3) is 0 Å². The lowest BCUT2D eigenvalue weighted by atomic mass is 10.0. The third-order valence-electron chi connectivity index (χ3n) is 3.68. The highest BCUT2D eigenvalue weighted by molar-refractivity contribution is 5.92. The van der Waals surface area contributed by atoms with E-state index in [-0.39, 0.29) is 5.91 Å². The number of benzene rings is 1. The van der Waals surface area contributed by atoms with Crippen molar-refractivity contribution in [2.24, 2.45) is 5.92 Å². The van der Waals surface area contributed by atoms with Gasteiger partial charge in [-0.2, -0.15) is 0 Å². The van der Waals surface area contributed by atoms with E-state index in [1.165, 1.54) is 0 Å². The molecule has 4 heteroatoms. The molecule has 0 saturated carbocycles. The van der Waals surface area contributed by atoms with E-state index < -0.39 is 0 Å². The zero-order valence-corrected chi connectivity index (χ0v) is 12.9. The highest BCUT2D eigenvalue weighted by Crippen LogP contribution is 2.12. The first-order valence-electron chi connectivity index (χ1n) is 7.46. The molecule has 0 bridgehead atoms. The van der Waals surface area contributed by atoms with Crippen LogP contribution in [-0.4, -0.2) is 30.4 Å². The largest absolute Gasteiger partial charge is 0.399 e. The fraction of sp³-hybridized carbons (Fsp3) is 0.562. The van der Waals surface area contributed by atoms with Gasteiger partial charge in [-0.3, -0.25) is 9.69 Å². The quantitative estimate of drug-likeness (QED) is 0.718. The Morgan fingerprint density at radius 3 is 2.30 bits per heavy atom. The minimum absolute atomic E-state index is 0.0302. The second-order valence-corrected chi connectivity index (χ2v) is 5.18. The number of likely N-dealkylation sites (N-methyl/N-ethyl adjacent to an activating group) is 1. The van der Waals surface area contributed by atoms with E-state index in [4.69, 9.17) is 5.73 Å². The van der Waals surface area contributed by atoms with Crippen molar-refractivity contribution in [1.29, 1.82) is 0 Å². The van der Waals surface area contributed by atoms with Crippen molar-refractivity contribution >= 4 is 17.3 Å². The monoisotopic (exact) mass is 277 g/mol. The van der Waals surface area contributed by atoms with E-state index in [1.54, 1.807) is 12.1 Å². The van der Waals surface area contributed by atoms with Gasteiger partial charge in [-0.05, 0) is 36.7 Å². The number of anilines is 2. The van der Waals surface area contributed by atoms with Crippen molar-refractivity contribution in [3.8, 4) is 0 Å². The minimum atomic E-state index is 0.0302. The Bertz CT molecular complexity index is 399. The molecule has 4 nitrogen and oxygen atoms in total. The fourth-order valence-electron chi connectivity index (χ4n) is 2.19. The summed E-state index contributed by atoms with van der Waals surface area (Å²) in [5.74, 6) is 0.696. The van der Waals surface area contributed by atoms with Crippen molar-refractivity contribution < 1.29 is 4.79 Å². The van der Waals surface area contributed by atoms with Gasteiger partial charge in [0, 0.05) is 17.9 Å². The van der Waals surface area contributed by atoms with Crippen molar-refractivity contribution in [2.45, 2.75) is 33.6 Å². The summed E-state index contributed by atoms with van der Waals surface area (Å²) in [6, 6.07) is 7.23. The van der Waals surface area contributed by atoms with Gasteiger partial charge >= 0.3 is 0 Å². The summed E-state index contributed by atoms with van der Waals surface area (Å²) in [6.07, 6.45) is 2.32. The second-order valence-electron chi connectivity index (χ2n) is 5.18. The summed E-state index contributed by atoms with van der Waals surface area (Å²) in [4.78, 5) is 14.2. The van der Waals surface area contributed by atoms with Crippen LogP contribution in [0.3, 0.4) is 0 Å². The van der Waals surface area contributed by atoms with Crippen molar-refractivity contribution in [2.75, 3.05) is 30.7 Å². The number of carbonyl (C=O) groups is 1. The van der Waals surface area contributed by atoms with E-state index in [9.17, 15) is 4.79 Å². The number of carbonyl (C=O) groups excluding carboxylic acids is 1. The summed E-state index contributed by atoms with van der Waals surface area (Å²) < 4.78 is 0. The van der Waals surface area contributed by atoms with Crippen LogP contribution in [0.15, 0.2) is 24.3 Å². The molecule has 0 heterocycles. The Morgan fingerprint density at radius 2 is 1.80 bits per heavy atom. The van der Waals surface area contributed by atoms with E-state index in [2.05, 4.69) is 31.0 Å². The maximum atomic E-state index is 12.0. The smallest absolute Gasteiger partial charge is 0.238 e. The first-order chi connectivity index (χ1) is 9.58. The molecular weight excluding hydrogens is 250 g/mol. The van der Waals surface area contributed by atoms with Crippen LogP contribution in [0.2, 0.25) is 0 Å². The first kappa shape index (κ1) is 16.5. The Balaban J connectivity index is 2.48. The van der Waals surface area contributed by atoms with Crippen LogP contribution >= 0.6 is 0 Å². The highest BCUT2D eigenvalue weighted by Gasteiger charge is 2.13. The molecule has 1 rings (SSSR count). The molecule has 0 unspecified atom stereocenters. The van der Waals surface area contributed by atoms with Crippen molar-refractivity contribution in [3.63, 3.8) is 0 Å². The van der Waals surface area contributed by atoms with Crippen LogP contribution in [0.5, 0.6) is 0 Å². The van der Waals surface area contributed by atoms with Gasteiger partial charge in [0.05, 0.1) is 6.54 Å². The van der Waals surface area contributed by atoms with Crippen LogP contribution in [0.1, 0.15) is 33.6 Å². The number of hydrogen-bond acceptors (Lipinski definition) is 3. The summed E-state index contributed by atoms with van der Waals surface area (Å²) in [5.41, 5.74) is 7.12. The summed E-state index contributed by atoms with van der Waals surface area (Å²) >= 11 is 0. The van der Waals surface area contributed by atoms with Gasteiger partial charge in [0.2, 0.25) is 5.91 Å². The molecular formula is C16H27N3O. The molecule has 0 atom stereocenters. The number of nitrogen functional groups attached to an aromatic ring is 1. The molecule has 112 valence electrons. The van der Waals surface area contributed by atoms with E-state index >= 15 is 0 Å². The number of nitrogens with one attached hydrogen (secondary N) is 1. The average molecular weight is 277 g/mol. The normalized spacial score (nSPS) is 11.1. The average Bonchev–Trinajstić information content (AvgIpc) is 2.45. The van der Waals surface area contributed by atoms with Gasteiger partial charge in [-0.25, -0.2) is 0 Å². The predicted molar refractivity (Wildman–Crippen MR) is 85.7 cm³/mol. The number of hydrogen-bond donors (Lipinski definition) is 2. The van der Waals surface area contributed by atoms with Crippen LogP contribution in [0.4, 0.5) is 11.4 Å². The van der Waals surface area contributed by atoms with Crippen LogP contribution in [0, 0.1) is 5.92 Å². The molecule has 0 aliphatic carbocycles. The maximum Gasteiger partial charge on any atom is 0.238 e. The predicted octanol–water partition coefficient (Wildman–Crippen LogP) is 2.97. The Labute approximate surface area is 122 Å². The number of nitrogens with two attached hydrogens (primary N) is 1. The molecule has 1 aromatic rings. The van der Waals surface area contributed by atoms with Gasteiger partial charge in [0.25, 0.3) is 0 Å². The van der Waals surface area contributed by atoms with Gasteiger partial charge in [-0.15, -0.1) is 0 Å². The van der Waals surface area contributed by atoms with Gasteiger partial charge in [0.15, 0.2) is 0 Å². The minimum Gasteiger partial charge on any atom is -0.399 e. The van der Waals surface area contributed by atoms with Gasteiger partial charge in [-0.1, -0.05) is 33.6 Å². The van der Waals surface area contributed by atoms with Gasteiger partial charge < -0.3 is 11.1 Å². The lowest BCUT2D eigenvalue weighted by Gasteiger charge is -2.24. The number of nitrogens with zero attached hydrogens (tertiary/aromatic N) is 1. The summed E-state index contributed by atoms with van der Waals surface area (Å²) in [6.45, 7) is 8.83. The molecule has 1 aromatic carbocycles. The molecule has 20 heavy (non-hydrogen) atoms. The third-order valence-corrected chi connectivity index (χ3v) is 3.68. The Hall–Kier alpha value is -1.55. The Morgan fingerprint density at radius 1 is 1.20 bits per heavy atom. The van der Waals surface area contributed by atoms with Crippen LogP contribution in [-0.2, 0) is 4.79 Å². The topological polar surface area (TPSA) is 58.4 Å².